The highest BCUT2D eigenvalue weighted by Crippen LogP contribution is 2.31. The van der Waals surface area contributed by atoms with E-state index in [9.17, 15) is 9.90 Å². The molecular formula is C24H32N2O6. The number of methoxy groups -OCH3 is 1. The van der Waals surface area contributed by atoms with Crippen molar-refractivity contribution in [3.63, 3.8) is 0 Å². The zero-order valence-corrected chi connectivity index (χ0v) is 18.4. The minimum atomic E-state index is -0.811. The Balaban J connectivity index is 1.15. The van der Waals surface area contributed by atoms with Gasteiger partial charge in [0.1, 0.15) is 18.6 Å². The van der Waals surface area contributed by atoms with E-state index < -0.39 is 12.3 Å². The number of rotatable bonds is 10. The van der Waals surface area contributed by atoms with Gasteiger partial charge in [0.05, 0.1) is 20.3 Å². The van der Waals surface area contributed by atoms with Gasteiger partial charge in [-0.25, -0.2) is 4.79 Å². The van der Waals surface area contributed by atoms with Crippen molar-refractivity contribution in [1.29, 1.82) is 0 Å². The van der Waals surface area contributed by atoms with Gasteiger partial charge in [-0.3, -0.25) is 5.32 Å². The van der Waals surface area contributed by atoms with Crippen LogP contribution in [0.2, 0.25) is 0 Å². The number of hydrogen-bond donors (Lipinski definition) is 3. The maximum atomic E-state index is 11.7. The normalized spacial score (nSPS) is 21.8. The molecule has 1 unspecified atom stereocenters. The molecule has 2 aromatic rings. The Bertz CT molecular complexity index is 895. The van der Waals surface area contributed by atoms with E-state index in [1.165, 1.54) is 10.9 Å². The summed E-state index contributed by atoms with van der Waals surface area (Å²) in [6.45, 7) is 1.59. The largest absolute Gasteiger partial charge is 0.497 e. The van der Waals surface area contributed by atoms with Crippen molar-refractivity contribution in [3.8, 4) is 5.75 Å². The molecule has 2 fully saturated rings. The van der Waals surface area contributed by atoms with Crippen molar-refractivity contribution in [3.05, 3.63) is 42.0 Å². The predicted molar refractivity (Wildman–Crippen MR) is 120 cm³/mol. The predicted octanol–water partition coefficient (Wildman–Crippen LogP) is 2.88. The second-order valence-electron chi connectivity index (χ2n) is 8.35. The van der Waals surface area contributed by atoms with E-state index in [1.54, 1.807) is 7.11 Å². The fraction of sp³-hybridized carbons (Fsp3) is 0.542. The summed E-state index contributed by atoms with van der Waals surface area (Å²) in [6.07, 6.45) is 1.91. The maximum Gasteiger partial charge on any atom is 0.407 e. The molecule has 1 aliphatic heterocycles. The van der Waals surface area contributed by atoms with E-state index in [2.05, 4.69) is 34.9 Å². The first-order valence-electron chi connectivity index (χ1n) is 11.3. The summed E-state index contributed by atoms with van der Waals surface area (Å²) >= 11 is 0. The summed E-state index contributed by atoms with van der Waals surface area (Å²) in [7, 11) is 1.67. The number of amides is 1. The number of aliphatic hydroxyl groups is 1. The Morgan fingerprint density at radius 2 is 2.03 bits per heavy atom. The van der Waals surface area contributed by atoms with Gasteiger partial charge in [0.25, 0.3) is 0 Å². The molecule has 174 valence electrons. The van der Waals surface area contributed by atoms with Gasteiger partial charge in [-0.15, -0.1) is 0 Å². The van der Waals surface area contributed by atoms with Gasteiger partial charge in [-0.05, 0) is 47.7 Å². The number of aliphatic hydroxyl groups excluding tert-OH is 1. The number of carbonyl (C=O) groups excluding carboxylic acids is 1. The smallest absolute Gasteiger partial charge is 0.407 e. The number of alkyl carbamates (subject to hydrolysis) is 1. The van der Waals surface area contributed by atoms with Crippen LogP contribution in [0.25, 0.3) is 10.8 Å². The Hall–Kier alpha value is -2.39. The number of benzene rings is 2. The van der Waals surface area contributed by atoms with Crippen molar-refractivity contribution in [2.45, 2.75) is 50.2 Å². The minimum absolute atomic E-state index is 0.0560. The number of fused-ring (bicyclic) bond motifs is 1. The van der Waals surface area contributed by atoms with Gasteiger partial charge in [0.2, 0.25) is 0 Å². The summed E-state index contributed by atoms with van der Waals surface area (Å²) in [5.41, 5.74) is 1.21. The lowest BCUT2D eigenvalue weighted by Gasteiger charge is -2.30. The zero-order valence-electron chi connectivity index (χ0n) is 18.4. The molecule has 8 nitrogen and oxygen atoms in total. The van der Waals surface area contributed by atoms with Crippen LogP contribution in [0.15, 0.2) is 36.4 Å². The van der Waals surface area contributed by atoms with Gasteiger partial charge < -0.3 is 29.4 Å². The lowest BCUT2D eigenvalue weighted by Crippen LogP contribution is -2.37. The monoisotopic (exact) mass is 444 g/mol. The third-order valence-corrected chi connectivity index (χ3v) is 5.79. The van der Waals surface area contributed by atoms with Gasteiger partial charge in [0, 0.05) is 24.9 Å². The van der Waals surface area contributed by atoms with Gasteiger partial charge in [0.15, 0.2) is 6.29 Å². The number of carbonyl (C=O) groups is 1. The fourth-order valence-electron chi connectivity index (χ4n) is 3.89. The van der Waals surface area contributed by atoms with E-state index in [1.807, 2.05) is 12.1 Å². The highest BCUT2D eigenvalue weighted by molar-refractivity contribution is 5.87. The minimum Gasteiger partial charge on any atom is -0.497 e. The molecule has 8 heteroatoms. The summed E-state index contributed by atoms with van der Waals surface area (Å²) in [5.74, 6) is 1.02. The Morgan fingerprint density at radius 3 is 2.78 bits per heavy atom. The molecule has 1 heterocycles. The van der Waals surface area contributed by atoms with Gasteiger partial charge in [-0.1, -0.05) is 24.3 Å². The SMILES string of the molecule is COc1ccc2c(C3COC(CCCNC(=O)OCC(O)NC4CC4)OC3)cccc2c1. The molecule has 0 aromatic heterocycles. The van der Waals surface area contributed by atoms with Gasteiger partial charge >= 0.3 is 6.09 Å². The average molecular weight is 445 g/mol. The summed E-state index contributed by atoms with van der Waals surface area (Å²) in [5, 5.41) is 17.7. The Kier molecular flexibility index (Phi) is 7.81. The van der Waals surface area contributed by atoms with Crippen molar-refractivity contribution in [2.24, 2.45) is 0 Å². The van der Waals surface area contributed by atoms with Crippen LogP contribution in [0.5, 0.6) is 5.75 Å². The first-order chi connectivity index (χ1) is 15.6. The van der Waals surface area contributed by atoms with Crippen LogP contribution in [0, 0.1) is 0 Å². The first-order valence-corrected chi connectivity index (χ1v) is 11.3. The highest BCUT2D eigenvalue weighted by Gasteiger charge is 2.25. The molecule has 1 saturated heterocycles. The summed E-state index contributed by atoms with van der Waals surface area (Å²) in [4.78, 5) is 11.7. The van der Waals surface area contributed by atoms with Crippen molar-refractivity contribution in [2.75, 3.05) is 33.5 Å². The van der Waals surface area contributed by atoms with Crippen molar-refractivity contribution >= 4 is 16.9 Å². The number of ether oxygens (including phenoxy) is 4. The third-order valence-electron chi connectivity index (χ3n) is 5.79. The molecule has 1 saturated carbocycles. The summed E-state index contributed by atoms with van der Waals surface area (Å²) < 4.78 is 22.2. The molecule has 0 spiro atoms. The standard InChI is InChI=1S/C24H32N2O6/c1-29-19-9-10-21-16(12-19)4-2-5-20(21)17-13-30-23(31-14-17)6-3-11-25-24(28)32-15-22(27)26-18-7-8-18/h2,4-5,9-10,12,17-18,22-23,26-27H,3,6-8,11,13-15H2,1H3,(H,25,28). The Morgan fingerprint density at radius 1 is 1.22 bits per heavy atom. The van der Waals surface area contributed by atoms with Crippen LogP contribution in [0.4, 0.5) is 4.79 Å². The molecule has 0 radical (unpaired) electrons. The van der Waals surface area contributed by atoms with Crippen LogP contribution in [0.3, 0.4) is 0 Å². The molecule has 0 bridgehead atoms. The van der Waals surface area contributed by atoms with E-state index >= 15 is 0 Å². The lowest BCUT2D eigenvalue weighted by molar-refractivity contribution is -0.189. The maximum absolute atomic E-state index is 11.7. The first kappa shape index (κ1) is 22.8. The van der Waals surface area contributed by atoms with Crippen LogP contribution in [-0.2, 0) is 14.2 Å². The molecule has 2 aromatic carbocycles. The Labute approximate surface area is 188 Å². The van der Waals surface area contributed by atoms with Crippen LogP contribution >= 0.6 is 0 Å². The van der Waals surface area contributed by atoms with Crippen LogP contribution < -0.4 is 15.4 Å². The summed E-state index contributed by atoms with van der Waals surface area (Å²) in [6, 6.07) is 12.7. The lowest BCUT2D eigenvalue weighted by atomic mass is 9.94. The quantitative estimate of drug-likeness (QED) is 0.383. The molecule has 2 aliphatic rings. The average Bonchev–Trinajstić information content (AvgIpc) is 3.64. The molecule has 1 amide bonds. The van der Waals surface area contributed by atoms with E-state index in [0.29, 0.717) is 38.6 Å². The van der Waals surface area contributed by atoms with Crippen molar-refractivity contribution in [1.82, 2.24) is 10.6 Å². The fourth-order valence-corrected chi connectivity index (χ4v) is 3.89. The molecular weight excluding hydrogens is 412 g/mol. The van der Waals surface area contributed by atoms with E-state index in [-0.39, 0.29) is 18.8 Å². The highest BCUT2D eigenvalue weighted by atomic mass is 16.7. The molecule has 32 heavy (non-hydrogen) atoms. The topological polar surface area (TPSA) is 98.3 Å². The zero-order chi connectivity index (χ0) is 22.3. The molecule has 1 atom stereocenters. The van der Waals surface area contributed by atoms with E-state index in [0.717, 1.165) is 24.0 Å². The second-order valence-corrected chi connectivity index (χ2v) is 8.35. The second kappa shape index (κ2) is 11.0. The molecule has 3 N–H and O–H groups in total. The number of hydrogen-bond acceptors (Lipinski definition) is 7. The molecule has 1 aliphatic carbocycles. The van der Waals surface area contributed by atoms with Crippen LogP contribution in [0.1, 0.15) is 37.2 Å². The third kappa shape index (κ3) is 6.32. The van der Waals surface area contributed by atoms with E-state index in [4.69, 9.17) is 18.9 Å². The van der Waals surface area contributed by atoms with Crippen LogP contribution in [-0.4, -0.2) is 63.2 Å². The van der Waals surface area contributed by atoms with Gasteiger partial charge in [-0.2, -0.15) is 0 Å². The number of nitrogens with one attached hydrogen (secondary N) is 2. The molecule has 4 rings (SSSR count). The van der Waals surface area contributed by atoms with Crippen molar-refractivity contribution < 1.29 is 28.8 Å².